The van der Waals surface area contributed by atoms with E-state index in [9.17, 15) is 0 Å². The highest BCUT2D eigenvalue weighted by Crippen LogP contribution is 2.38. The molecule has 108 valence electrons. The molecular weight excluding hydrogens is 270 g/mol. The summed E-state index contributed by atoms with van der Waals surface area (Å²) in [5, 5.41) is 1.40. The third-order valence-electron chi connectivity index (χ3n) is 4.28. The molecule has 0 bridgehead atoms. The van der Waals surface area contributed by atoms with E-state index in [0.29, 0.717) is 5.25 Å². The Kier molecular flexibility index (Phi) is 3.94. The van der Waals surface area contributed by atoms with Crippen LogP contribution in [0.3, 0.4) is 0 Å². The summed E-state index contributed by atoms with van der Waals surface area (Å²) < 4.78 is 0. The van der Waals surface area contributed by atoms with Crippen molar-refractivity contribution in [2.24, 2.45) is 17.6 Å². The van der Waals surface area contributed by atoms with Gasteiger partial charge in [0, 0.05) is 11.3 Å². The second-order valence-corrected chi connectivity index (χ2v) is 7.15. The fraction of sp³-hybridized carbons (Fsp3) is 0.643. The summed E-state index contributed by atoms with van der Waals surface area (Å²) in [5.74, 6) is 1.49. The maximum absolute atomic E-state index is 6.32. The number of hydrogen-bond donors (Lipinski definition) is 2. The van der Waals surface area contributed by atoms with Crippen LogP contribution in [0, 0.1) is 11.8 Å². The normalized spacial score (nSPS) is 27.3. The largest absolute Gasteiger partial charge is 0.341 e. The standard InChI is InChI=1S/C14H21N5S/c1-8(2)9-3-4-10(15)11(5-9)20-14-12-13(17-6-16-12)18-7-19-14/h6-11H,3-5,15H2,1-2H3,(H,16,17,18,19). The van der Waals surface area contributed by atoms with Gasteiger partial charge >= 0.3 is 0 Å². The molecule has 3 unspecified atom stereocenters. The molecule has 0 radical (unpaired) electrons. The summed E-state index contributed by atoms with van der Waals surface area (Å²) in [7, 11) is 0. The average molecular weight is 291 g/mol. The first-order valence-corrected chi connectivity index (χ1v) is 8.09. The third-order valence-corrected chi connectivity index (χ3v) is 5.65. The molecule has 2 aromatic rings. The highest BCUT2D eigenvalue weighted by molar-refractivity contribution is 8.00. The maximum atomic E-state index is 6.32. The van der Waals surface area contributed by atoms with Crippen molar-refractivity contribution in [1.29, 1.82) is 0 Å². The maximum Gasteiger partial charge on any atom is 0.181 e. The number of rotatable bonds is 3. The first kappa shape index (κ1) is 13.8. The van der Waals surface area contributed by atoms with Gasteiger partial charge in [-0.3, -0.25) is 0 Å². The molecule has 6 heteroatoms. The quantitative estimate of drug-likeness (QED) is 0.850. The number of hydrogen-bond acceptors (Lipinski definition) is 5. The number of aromatic nitrogens is 4. The fourth-order valence-electron chi connectivity index (χ4n) is 2.90. The molecule has 20 heavy (non-hydrogen) atoms. The molecule has 5 nitrogen and oxygen atoms in total. The lowest BCUT2D eigenvalue weighted by Crippen LogP contribution is -2.39. The first-order chi connectivity index (χ1) is 9.65. The lowest BCUT2D eigenvalue weighted by Gasteiger charge is -2.35. The molecule has 2 heterocycles. The van der Waals surface area contributed by atoms with Crippen LogP contribution in [0.25, 0.3) is 11.2 Å². The van der Waals surface area contributed by atoms with Gasteiger partial charge in [0.1, 0.15) is 16.9 Å². The number of nitrogens with zero attached hydrogens (tertiary/aromatic N) is 3. The zero-order valence-corrected chi connectivity index (χ0v) is 12.7. The molecule has 0 saturated heterocycles. The number of fused-ring (bicyclic) bond motifs is 1. The zero-order chi connectivity index (χ0) is 14.1. The Balaban J connectivity index is 1.80. The molecule has 0 aromatic carbocycles. The molecule has 3 atom stereocenters. The molecule has 3 rings (SSSR count). The molecule has 0 amide bonds. The Morgan fingerprint density at radius 1 is 1.30 bits per heavy atom. The van der Waals surface area contributed by atoms with Crippen LogP contribution in [0.2, 0.25) is 0 Å². The highest BCUT2D eigenvalue weighted by atomic mass is 32.2. The molecule has 3 N–H and O–H groups in total. The Bertz CT molecular complexity index is 582. The zero-order valence-electron chi connectivity index (χ0n) is 11.9. The molecule has 1 aliphatic rings. The van der Waals surface area contributed by atoms with Crippen molar-refractivity contribution in [1.82, 2.24) is 19.9 Å². The van der Waals surface area contributed by atoms with Crippen LogP contribution >= 0.6 is 11.8 Å². The third kappa shape index (κ3) is 2.67. The SMILES string of the molecule is CC(C)C1CCC(N)C(Sc2ncnc3nc[nH]c23)C1. The predicted octanol–water partition coefficient (Wildman–Crippen LogP) is 2.60. The Morgan fingerprint density at radius 3 is 2.95 bits per heavy atom. The van der Waals surface area contributed by atoms with Crippen molar-refractivity contribution in [3.8, 4) is 0 Å². The number of imidazole rings is 1. The summed E-state index contributed by atoms with van der Waals surface area (Å²) in [6, 6.07) is 0.253. The van der Waals surface area contributed by atoms with E-state index in [1.54, 1.807) is 24.4 Å². The number of aromatic amines is 1. The van der Waals surface area contributed by atoms with Crippen LogP contribution < -0.4 is 5.73 Å². The van der Waals surface area contributed by atoms with Gasteiger partial charge < -0.3 is 10.7 Å². The van der Waals surface area contributed by atoms with Crippen molar-refractivity contribution in [2.45, 2.75) is 49.4 Å². The minimum Gasteiger partial charge on any atom is -0.341 e. The van der Waals surface area contributed by atoms with Crippen molar-refractivity contribution in [3.05, 3.63) is 12.7 Å². The minimum absolute atomic E-state index is 0.253. The Morgan fingerprint density at radius 2 is 2.15 bits per heavy atom. The number of nitrogens with one attached hydrogen (secondary N) is 1. The minimum atomic E-state index is 0.253. The van der Waals surface area contributed by atoms with Crippen molar-refractivity contribution in [2.75, 3.05) is 0 Å². The van der Waals surface area contributed by atoms with Crippen LogP contribution in [0.1, 0.15) is 33.1 Å². The van der Waals surface area contributed by atoms with Crippen molar-refractivity contribution in [3.63, 3.8) is 0 Å². The van der Waals surface area contributed by atoms with E-state index in [4.69, 9.17) is 5.73 Å². The first-order valence-electron chi connectivity index (χ1n) is 7.21. The van der Waals surface area contributed by atoms with Gasteiger partial charge in [0.15, 0.2) is 5.65 Å². The Labute approximate surface area is 123 Å². The molecule has 0 spiro atoms. The predicted molar refractivity (Wildman–Crippen MR) is 81.5 cm³/mol. The molecular formula is C14H21N5S. The molecule has 1 saturated carbocycles. The van der Waals surface area contributed by atoms with Gasteiger partial charge in [0.05, 0.1) is 6.33 Å². The second-order valence-electron chi connectivity index (χ2n) is 5.92. The topological polar surface area (TPSA) is 80.5 Å². The van der Waals surface area contributed by atoms with Crippen LogP contribution in [-0.2, 0) is 0 Å². The summed E-state index contributed by atoms with van der Waals surface area (Å²) in [6.45, 7) is 4.61. The van der Waals surface area contributed by atoms with Crippen molar-refractivity contribution >= 4 is 22.9 Å². The van der Waals surface area contributed by atoms with Gasteiger partial charge in [-0.05, 0) is 31.1 Å². The van der Waals surface area contributed by atoms with Gasteiger partial charge in [-0.1, -0.05) is 25.6 Å². The molecule has 0 aliphatic heterocycles. The lowest BCUT2D eigenvalue weighted by molar-refractivity contribution is 0.266. The van der Waals surface area contributed by atoms with Gasteiger partial charge in [-0.25, -0.2) is 15.0 Å². The lowest BCUT2D eigenvalue weighted by atomic mass is 9.79. The van der Waals surface area contributed by atoms with E-state index in [1.165, 1.54) is 12.8 Å². The monoisotopic (exact) mass is 291 g/mol. The molecule has 1 aliphatic carbocycles. The van der Waals surface area contributed by atoms with Gasteiger partial charge in [-0.15, -0.1) is 0 Å². The number of nitrogens with two attached hydrogens (primary N) is 1. The summed E-state index contributed by atoms with van der Waals surface area (Å²) >= 11 is 1.78. The molecule has 2 aromatic heterocycles. The van der Waals surface area contributed by atoms with E-state index in [2.05, 4.69) is 33.8 Å². The number of H-pyrrole nitrogens is 1. The second kappa shape index (κ2) is 5.69. The van der Waals surface area contributed by atoms with E-state index in [-0.39, 0.29) is 6.04 Å². The van der Waals surface area contributed by atoms with Crippen LogP contribution in [0.5, 0.6) is 0 Å². The summed E-state index contributed by atoms with van der Waals surface area (Å²) in [4.78, 5) is 15.9. The Hall–Kier alpha value is -1.14. The van der Waals surface area contributed by atoms with Crippen LogP contribution in [0.15, 0.2) is 17.7 Å². The average Bonchev–Trinajstić information content (AvgIpc) is 2.90. The summed E-state index contributed by atoms with van der Waals surface area (Å²) in [6.07, 6.45) is 6.78. The van der Waals surface area contributed by atoms with Gasteiger partial charge in [-0.2, -0.15) is 0 Å². The van der Waals surface area contributed by atoms with E-state index in [1.807, 2.05) is 0 Å². The smallest absolute Gasteiger partial charge is 0.181 e. The fourth-order valence-corrected chi connectivity index (χ4v) is 4.22. The summed E-state index contributed by atoms with van der Waals surface area (Å²) in [5.41, 5.74) is 7.97. The van der Waals surface area contributed by atoms with E-state index < -0.39 is 0 Å². The highest BCUT2D eigenvalue weighted by Gasteiger charge is 2.31. The van der Waals surface area contributed by atoms with E-state index >= 15 is 0 Å². The van der Waals surface area contributed by atoms with Gasteiger partial charge in [0.2, 0.25) is 0 Å². The van der Waals surface area contributed by atoms with Crippen molar-refractivity contribution < 1.29 is 0 Å². The van der Waals surface area contributed by atoms with E-state index in [0.717, 1.165) is 34.4 Å². The molecule has 1 fully saturated rings. The van der Waals surface area contributed by atoms with Crippen LogP contribution in [-0.4, -0.2) is 31.2 Å². The number of thioether (sulfide) groups is 1. The van der Waals surface area contributed by atoms with Crippen LogP contribution in [0.4, 0.5) is 0 Å². The van der Waals surface area contributed by atoms with Gasteiger partial charge in [0.25, 0.3) is 0 Å².